The van der Waals surface area contributed by atoms with Crippen LogP contribution >= 0.6 is 0 Å². The highest BCUT2D eigenvalue weighted by Crippen LogP contribution is 2.30. The van der Waals surface area contributed by atoms with Gasteiger partial charge in [-0.1, -0.05) is 13.8 Å². The molecule has 1 unspecified atom stereocenters. The molecule has 0 radical (unpaired) electrons. The molecule has 0 saturated carbocycles. The fourth-order valence-corrected chi connectivity index (χ4v) is 2.62. The van der Waals surface area contributed by atoms with E-state index in [4.69, 9.17) is 0 Å². The minimum absolute atomic E-state index is 0.00329. The lowest BCUT2D eigenvalue weighted by Crippen LogP contribution is -2.55. The number of benzene rings is 1. The predicted molar refractivity (Wildman–Crippen MR) is 73.0 cm³/mol. The number of amides is 1. The van der Waals surface area contributed by atoms with E-state index >= 15 is 0 Å². The van der Waals surface area contributed by atoms with Crippen LogP contribution < -0.4 is 10.6 Å². The van der Waals surface area contributed by atoms with Gasteiger partial charge < -0.3 is 10.6 Å². The standard InChI is InChI=1S/C15H20F2N2O/c1-15(2)6-3-7-18-13(15)14(20)19-9-10-8-11(16)4-5-12(10)17/h4-5,8,13,18H,3,6-7,9H2,1-2H3,(H,19,20). The van der Waals surface area contributed by atoms with Crippen LogP contribution in [0.3, 0.4) is 0 Å². The Hall–Kier alpha value is -1.49. The number of carbonyl (C=O) groups excluding carboxylic acids is 1. The molecule has 1 amide bonds. The van der Waals surface area contributed by atoms with E-state index in [9.17, 15) is 13.6 Å². The van der Waals surface area contributed by atoms with E-state index in [0.717, 1.165) is 37.6 Å². The molecule has 2 N–H and O–H groups in total. The predicted octanol–water partition coefficient (Wildman–Crippen LogP) is 2.36. The van der Waals surface area contributed by atoms with Crippen molar-refractivity contribution in [2.24, 2.45) is 5.41 Å². The minimum atomic E-state index is -0.512. The monoisotopic (exact) mass is 282 g/mol. The average Bonchev–Trinajstić information content (AvgIpc) is 2.39. The van der Waals surface area contributed by atoms with Gasteiger partial charge in [0.2, 0.25) is 5.91 Å². The normalized spacial score (nSPS) is 21.5. The molecule has 1 fully saturated rings. The molecule has 1 heterocycles. The third-order valence-electron chi connectivity index (χ3n) is 3.85. The molecule has 110 valence electrons. The summed E-state index contributed by atoms with van der Waals surface area (Å²) in [6, 6.07) is 2.94. The van der Waals surface area contributed by atoms with Crippen molar-refractivity contribution in [1.82, 2.24) is 10.6 Å². The number of rotatable bonds is 3. The molecule has 20 heavy (non-hydrogen) atoms. The summed E-state index contributed by atoms with van der Waals surface area (Å²) in [5.41, 5.74) is 0.0231. The number of carbonyl (C=O) groups is 1. The lowest BCUT2D eigenvalue weighted by molar-refractivity contribution is -0.126. The molecule has 0 bridgehead atoms. The number of hydrogen-bond acceptors (Lipinski definition) is 2. The average molecular weight is 282 g/mol. The van der Waals surface area contributed by atoms with Crippen LogP contribution in [0.15, 0.2) is 18.2 Å². The highest BCUT2D eigenvalue weighted by Gasteiger charge is 2.36. The molecule has 1 saturated heterocycles. The second-order valence-corrected chi connectivity index (χ2v) is 5.93. The minimum Gasteiger partial charge on any atom is -0.351 e. The van der Waals surface area contributed by atoms with Crippen LogP contribution in [0, 0.1) is 17.0 Å². The lowest BCUT2D eigenvalue weighted by Gasteiger charge is -2.38. The zero-order valence-corrected chi connectivity index (χ0v) is 11.8. The molecular formula is C15H20F2N2O. The summed E-state index contributed by atoms with van der Waals surface area (Å²) in [7, 11) is 0. The number of halogens is 2. The Labute approximate surface area is 117 Å². The first-order valence-electron chi connectivity index (χ1n) is 6.85. The van der Waals surface area contributed by atoms with Gasteiger partial charge in [0.25, 0.3) is 0 Å². The highest BCUT2D eigenvalue weighted by molar-refractivity contribution is 5.82. The SMILES string of the molecule is CC1(C)CCCNC1C(=O)NCc1cc(F)ccc1F. The van der Waals surface area contributed by atoms with Gasteiger partial charge in [0, 0.05) is 12.1 Å². The Morgan fingerprint density at radius 1 is 1.45 bits per heavy atom. The second-order valence-electron chi connectivity index (χ2n) is 5.93. The first-order valence-corrected chi connectivity index (χ1v) is 6.85. The van der Waals surface area contributed by atoms with Gasteiger partial charge in [-0.2, -0.15) is 0 Å². The summed E-state index contributed by atoms with van der Waals surface area (Å²) < 4.78 is 26.5. The summed E-state index contributed by atoms with van der Waals surface area (Å²) in [6.07, 6.45) is 2.00. The van der Waals surface area contributed by atoms with Gasteiger partial charge in [0.15, 0.2) is 0 Å². The van der Waals surface area contributed by atoms with E-state index in [2.05, 4.69) is 10.6 Å². The number of hydrogen-bond donors (Lipinski definition) is 2. The van der Waals surface area contributed by atoms with Crippen molar-refractivity contribution >= 4 is 5.91 Å². The van der Waals surface area contributed by atoms with Crippen LogP contribution in [0.2, 0.25) is 0 Å². The van der Waals surface area contributed by atoms with Gasteiger partial charge in [-0.05, 0) is 43.0 Å². The van der Waals surface area contributed by atoms with Crippen LogP contribution in [0.1, 0.15) is 32.3 Å². The van der Waals surface area contributed by atoms with E-state index in [0.29, 0.717) is 0 Å². The fourth-order valence-electron chi connectivity index (χ4n) is 2.62. The zero-order chi connectivity index (χ0) is 14.8. The molecule has 1 aliphatic rings. The van der Waals surface area contributed by atoms with Crippen LogP contribution in [0.5, 0.6) is 0 Å². The van der Waals surface area contributed by atoms with E-state index in [1.807, 2.05) is 13.8 Å². The molecule has 5 heteroatoms. The van der Waals surface area contributed by atoms with Crippen molar-refractivity contribution in [1.29, 1.82) is 0 Å². The van der Waals surface area contributed by atoms with E-state index < -0.39 is 11.6 Å². The molecular weight excluding hydrogens is 262 g/mol. The maximum Gasteiger partial charge on any atom is 0.237 e. The first-order chi connectivity index (χ1) is 9.40. The van der Waals surface area contributed by atoms with Crippen LogP contribution in [-0.2, 0) is 11.3 Å². The van der Waals surface area contributed by atoms with Gasteiger partial charge in [0.05, 0.1) is 6.04 Å². The van der Waals surface area contributed by atoms with Gasteiger partial charge in [-0.25, -0.2) is 8.78 Å². The maximum absolute atomic E-state index is 13.5. The van der Waals surface area contributed by atoms with Crippen molar-refractivity contribution in [3.63, 3.8) is 0 Å². The quantitative estimate of drug-likeness (QED) is 0.893. The first kappa shape index (κ1) is 14.9. The van der Waals surface area contributed by atoms with Gasteiger partial charge in [0.1, 0.15) is 11.6 Å². The van der Waals surface area contributed by atoms with E-state index in [1.165, 1.54) is 0 Å². The molecule has 0 aliphatic carbocycles. The largest absolute Gasteiger partial charge is 0.351 e. The van der Waals surface area contributed by atoms with Crippen LogP contribution in [-0.4, -0.2) is 18.5 Å². The molecule has 3 nitrogen and oxygen atoms in total. The summed E-state index contributed by atoms with van der Waals surface area (Å²) in [5.74, 6) is -1.19. The fraction of sp³-hybridized carbons (Fsp3) is 0.533. The van der Waals surface area contributed by atoms with Gasteiger partial charge in [-0.3, -0.25) is 4.79 Å². The highest BCUT2D eigenvalue weighted by atomic mass is 19.1. The van der Waals surface area contributed by atoms with Crippen LogP contribution in [0.25, 0.3) is 0 Å². The summed E-state index contributed by atoms with van der Waals surface area (Å²) in [4.78, 5) is 12.2. The Kier molecular flexibility index (Phi) is 4.38. The molecule has 1 aliphatic heterocycles. The Morgan fingerprint density at radius 2 is 2.20 bits per heavy atom. The third-order valence-corrected chi connectivity index (χ3v) is 3.85. The van der Waals surface area contributed by atoms with Crippen molar-refractivity contribution in [3.05, 3.63) is 35.4 Å². The molecule has 1 aromatic carbocycles. The second kappa shape index (κ2) is 5.87. The number of piperidine rings is 1. The molecule has 0 aromatic heterocycles. The summed E-state index contributed by atoms with van der Waals surface area (Å²) in [6.45, 7) is 4.87. The summed E-state index contributed by atoms with van der Waals surface area (Å²) in [5, 5.41) is 5.88. The molecule has 1 atom stereocenters. The van der Waals surface area contributed by atoms with Crippen molar-refractivity contribution in [3.8, 4) is 0 Å². The summed E-state index contributed by atoms with van der Waals surface area (Å²) >= 11 is 0. The third kappa shape index (κ3) is 3.33. The Balaban J connectivity index is 1.99. The molecule has 1 aromatic rings. The number of nitrogens with one attached hydrogen (secondary N) is 2. The topological polar surface area (TPSA) is 41.1 Å². The van der Waals surface area contributed by atoms with Crippen LogP contribution in [0.4, 0.5) is 8.78 Å². The maximum atomic E-state index is 13.5. The lowest BCUT2D eigenvalue weighted by atomic mass is 9.77. The Morgan fingerprint density at radius 3 is 2.90 bits per heavy atom. The molecule has 0 spiro atoms. The van der Waals surface area contributed by atoms with Crippen molar-refractivity contribution in [2.75, 3.05) is 6.54 Å². The smallest absolute Gasteiger partial charge is 0.237 e. The molecule has 2 rings (SSSR count). The van der Waals surface area contributed by atoms with Gasteiger partial charge >= 0.3 is 0 Å². The van der Waals surface area contributed by atoms with Crippen molar-refractivity contribution in [2.45, 2.75) is 39.3 Å². The van der Waals surface area contributed by atoms with E-state index in [1.54, 1.807) is 0 Å². The van der Waals surface area contributed by atoms with E-state index in [-0.39, 0.29) is 29.5 Å². The van der Waals surface area contributed by atoms with Gasteiger partial charge in [-0.15, -0.1) is 0 Å². The van der Waals surface area contributed by atoms with Crippen molar-refractivity contribution < 1.29 is 13.6 Å². The Bertz CT molecular complexity index is 503. The zero-order valence-electron chi connectivity index (χ0n) is 11.8.